The van der Waals surface area contributed by atoms with Crippen molar-refractivity contribution in [1.29, 1.82) is 0 Å². The number of hydrogen-bond acceptors (Lipinski definition) is 15. The molecule has 74 heavy (non-hydrogen) atoms. The Morgan fingerprint density at radius 3 is 2.38 bits per heavy atom. The van der Waals surface area contributed by atoms with Crippen LogP contribution in [0.5, 0.6) is 5.75 Å². The molecule has 3 fully saturated rings. The van der Waals surface area contributed by atoms with Gasteiger partial charge in [0, 0.05) is 103 Å². The van der Waals surface area contributed by atoms with E-state index in [-0.39, 0.29) is 43.7 Å². The number of nitrogens with zero attached hydrogens (tertiary/aromatic N) is 8. The zero-order valence-corrected chi connectivity index (χ0v) is 45.7. The molecular weight excluding hydrogens is 1000 g/mol. The van der Waals surface area contributed by atoms with E-state index in [1.165, 1.54) is 11.1 Å². The number of aliphatic hydroxyl groups excluding tert-OH is 1. The van der Waals surface area contributed by atoms with Crippen molar-refractivity contribution in [3.8, 4) is 16.2 Å². The topological polar surface area (TPSA) is 201 Å². The fourth-order valence-electron chi connectivity index (χ4n) is 9.85. The summed E-state index contributed by atoms with van der Waals surface area (Å²) in [5, 5.41) is 23.6. The van der Waals surface area contributed by atoms with Gasteiger partial charge in [0.1, 0.15) is 33.8 Å². The highest BCUT2D eigenvalue weighted by molar-refractivity contribution is 7.85. The van der Waals surface area contributed by atoms with Crippen LogP contribution in [0.15, 0.2) is 78.4 Å². The summed E-state index contributed by atoms with van der Waals surface area (Å²) in [6.07, 6.45) is 4.71. The number of methoxy groups -OCH3 is 1. The number of hydrogen-bond donors (Lipinski definition) is 5. The van der Waals surface area contributed by atoms with Gasteiger partial charge in [0.25, 0.3) is 0 Å². The molecule has 5 heterocycles. The van der Waals surface area contributed by atoms with Crippen LogP contribution in [0.3, 0.4) is 0 Å². The maximum atomic E-state index is 14.2. The molecule has 396 valence electrons. The van der Waals surface area contributed by atoms with Gasteiger partial charge < -0.3 is 45.8 Å². The second-order valence-electron chi connectivity index (χ2n) is 20.3. The van der Waals surface area contributed by atoms with E-state index in [2.05, 4.69) is 57.0 Å². The van der Waals surface area contributed by atoms with Crippen molar-refractivity contribution in [2.45, 2.75) is 84.2 Å². The number of likely N-dealkylation sites (tertiary alicyclic amines) is 1. The van der Waals surface area contributed by atoms with Gasteiger partial charge in [-0.3, -0.25) is 23.6 Å². The number of benzene rings is 3. The highest BCUT2D eigenvalue weighted by Gasteiger charge is 2.44. The van der Waals surface area contributed by atoms with Gasteiger partial charge in [0.15, 0.2) is 5.82 Å². The number of thiazole rings is 1. The number of β-amino-alcohol motifs (C(OH)–C–C–N with tert-alkyl or cyclic N) is 1. The number of halogens is 1. The third-order valence-corrected chi connectivity index (χ3v) is 16.4. The largest absolute Gasteiger partial charge is 0.494 e. The molecule has 0 saturated carbocycles. The van der Waals surface area contributed by atoms with Crippen molar-refractivity contribution in [2.75, 3.05) is 92.6 Å². The molecule has 2 aromatic heterocycles. The molecule has 21 heteroatoms. The van der Waals surface area contributed by atoms with Crippen LogP contribution in [0.25, 0.3) is 10.4 Å². The molecule has 8 rings (SSSR count). The molecule has 4 atom stereocenters. The Bertz CT molecular complexity index is 2780. The minimum absolute atomic E-state index is 0.0233. The number of para-hydroxylation sites is 2. The van der Waals surface area contributed by atoms with Gasteiger partial charge in [-0.15, -0.1) is 11.3 Å². The summed E-state index contributed by atoms with van der Waals surface area (Å²) >= 11 is 8.11. The number of carbonyl (C=O) groups excluding carboxylic acids is 3. The Kier molecular flexibility index (Phi) is 17.8. The van der Waals surface area contributed by atoms with E-state index >= 15 is 0 Å². The van der Waals surface area contributed by atoms with Gasteiger partial charge in [-0.05, 0) is 60.6 Å². The number of rotatable bonds is 18. The van der Waals surface area contributed by atoms with Crippen LogP contribution in [0.4, 0.5) is 34.5 Å². The highest BCUT2D eigenvalue weighted by Crippen LogP contribution is 2.36. The fraction of sp³-hybridized carbons (Fsp3) is 0.472. The van der Waals surface area contributed by atoms with E-state index in [4.69, 9.17) is 16.3 Å². The van der Waals surface area contributed by atoms with Crippen molar-refractivity contribution in [2.24, 2.45) is 5.41 Å². The maximum Gasteiger partial charge on any atom is 0.246 e. The van der Waals surface area contributed by atoms with E-state index in [1.54, 1.807) is 36.1 Å². The molecule has 0 aliphatic carbocycles. The van der Waals surface area contributed by atoms with Crippen LogP contribution < -0.4 is 35.2 Å². The Balaban J connectivity index is 0.779. The van der Waals surface area contributed by atoms with E-state index in [9.17, 15) is 23.7 Å². The van der Waals surface area contributed by atoms with Crippen LogP contribution in [-0.4, -0.2) is 154 Å². The van der Waals surface area contributed by atoms with Crippen LogP contribution >= 0.6 is 22.9 Å². The molecule has 3 aromatic carbocycles. The van der Waals surface area contributed by atoms with Crippen LogP contribution in [0, 0.1) is 12.3 Å². The zero-order valence-electron chi connectivity index (χ0n) is 43.3. The molecule has 3 aliphatic heterocycles. The van der Waals surface area contributed by atoms with E-state index in [1.807, 2.05) is 93.9 Å². The number of ether oxygens (including phenoxy) is 1. The number of aliphatic hydroxyl groups is 1. The third-order valence-electron chi connectivity index (χ3n) is 14.2. The first-order valence-corrected chi connectivity index (χ1v) is 27.9. The third kappa shape index (κ3) is 13.3. The highest BCUT2D eigenvalue weighted by atomic mass is 35.5. The van der Waals surface area contributed by atoms with Crippen molar-refractivity contribution < 1.29 is 28.4 Å². The van der Waals surface area contributed by atoms with Crippen LogP contribution in [0.1, 0.15) is 57.7 Å². The van der Waals surface area contributed by atoms with E-state index in [0.717, 1.165) is 85.2 Å². The van der Waals surface area contributed by atoms with Gasteiger partial charge in [0.2, 0.25) is 23.7 Å². The van der Waals surface area contributed by atoms with Gasteiger partial charge in [-0.1, -0.05) is 68.8 Å². The van der Waals surface area contributed by atoms with Crippen molar-refractivity contribution in [3.63, 3.8) is 0 Å². The predicted octanol–water partition coefficient (Wildman–Crippen LogP) is 6.57. The summed E-state index contributed by atoms with van der Waals surface area (Å²) in [6.45, 7) is 13.9. The quantitative estimate of drug-likeness (QED) is 0.0631. The maximum absolute atomic E-state index is 14.2. The van der Waals surface area contributed by atoms with E-state index in [0.29, 0.717) is 46.5 Å². The molecular formula is C53H69ClN12O6S2. The Morgan fingerprint density at radius 2 is 1.70 bits per heavy atom. The lowest BCUT2D eigenvalue weighted by atomic mass is 9.85. The normalized spacial score (nSPS) is 18.7. The number of amides is 3. The first kappa shape index (κ1) is 54.4. The Morgan fingerprint density at radius 1 is 0.973 bits per heavy atom. The Hall–Kier alpha value is -5.90. The summed E-state index contributed by atoms with van der Waals surface area (Å²) < 4.78 is 19.7. The lowest BCUT2D eigenvalue weighted by Gasteiger charge is -2.43. The van der Waals surface area contributed by atoms with Gasteiger partial charge in [-0.25, -0.2) is 14.2 Å². The number of piperidine rings is 1. The number of aromatic nitrogens is 3. The average Bonchev–Trinajstić information content (AvgIpc) is 4.02. The summed E-state index contributed by atoms with van der Waals surface area (Å²) in [5.41, 5.74) is 7.33. The second kappa shape index (κ2) is 24.2. The summed E-state index contributed by atoms with van der Waals surface area (Å²) in [4.78, 5) is 64.5. The lowest BCUT2D eigenvalue weighted by molar-refractivity contribution is -0.144. The molecule has 5 aromatic rings. The fourth-order valence-corrected chi connectivity index (χ4v) is 11.2. The van der Waals surface area contributed by atoms with E-state index < -0.39 is 34.6 Å². The minimum atomic E-state index is -1.23. The first-order chi connectivity index (χ1) is 35.4. The van der Waals surface area contributed by atoms with Gasteiger partial charge in [0.05, 0.1) is 52.6 Å². The SMILES string of the molecule is COc1cc(N2CCC(N3CCN(CCC(=O)N[C@H](C(=O)N4C[C@H](O)C[C@@H]4C(=O)NCc4ccc(-c5scnc5C)cc4)C(C)(C)C)CC3)CC2)ccc1Nc1ncc(Cl)c(Nc2ccccc2N(C)S(C)=O)n1. The standard InChI is InChI=1S/C53H69ClN12O6S2/c1-34-47(73-33-57-34)36-14-12-35(13-15-36)30-55-50(69)44-29-39(67)32-66(44)51(70)48(53(2,3)4)60-46(68)20-21-63-24-26-65(27-25-63)37-18-22-64(23-19-37)38-16-17-42(45(28-38)72-6)59-52-56-31-40(54)49(61-52)58-41-10-8-9-11-43(41)62(5)74(7)71/h8-17,28,31,33,37,39,44,48,67H,18-27,29-30,32H2,1-7H3,(H,55,69)(H,60,68)(H2,56,58,59,61)/t39-,44-,48-,74?/m1/s1. The molecule has 1 unspecified atom stereocenters. The van der Waals surface area contributed by atoms with Gasteiger partial charge in [-0.2, -0.15) is 4.98 Å². The first-order valence-electron chi connectivity index (χ1n) is 25.1. The van der Waals surface area contributed by atoms with Crippen molar-refractivity contribution in [1.82, 2.24) is 40.3 Å². The van der Waals surface area contributed by atoms with Gasteiger partial charge >= 0.3 is 0 Å². The number of piperazine rings is 1. The van der Waals surface area contributed by atoms with Crippen molar-refractivity contribution in [3.05, 3.63) is 94.7 Å². The average molecular weight is 1070 g/mol. The number of carbonyl (C=O) groups is 3. The molecule has 3 saturated heterocycles. The number of aryl methyl sites for hydroxylation is 1. The molecule has 3 aliphatic rings. The molecule has 5 N–H and O–H groups in total. The number of nitrogens with one attached hydrogen (secondary N) is 4. The summed E-state index contributed by atoms with van der Waals surface area (Å²) in [7, 11) is 2.17. The number of anilines is 6. The zero-order chi connectivity index (χ0) is 52.7. The van der Waals surface area contributed by atoms with Crippen molar-refractivity contribution >= 4 is 86.2 Å². The monoisotopic (exact) mass is 1070 g/mol. The second-order valence-corrected chi connectivity index (χ2v) is 22.9. The molecule has 0 spiro atoms. The predicted molar refractivity (Wildman–Crippen MR) is 295 cm³/mol. The molecule has 0 bridgehead atoms. The smallest absolute Gasteiger partial charge is 0.246 e. The summed E-state index contributed by atoms with van der Waals surface area (Å²) in [5.74, 6) is 0.451. The van der Waals surface area contributed by atoms with Crippen LogP contribution in [-0.2, 0) is 31.9 Å². The molecule has 0 radical (unpaired) electrons. The minimum Gasteiger partial charge on any atom is -0.494 e. The molecule has 3 amide bonds. The van der Waals surface area contributed by atoms with Crippen LogP contribution in [0.2, 0.25) is 5.02 Å². The summed E-state index contributed by atoms with van der Waals surface area (Å²) in [6, 6.07) is 20.3. The lowest BCUT2D eigenvalue weighted by Crippen LogP contribution is -2.58. The molecule has 18 nitrogen and oxygen atoms in total. The Labute approximate surface area is 445 Å².